The molecule has 3 aromatic carbocycles. The average Bonchev–Trinajstić information content (AvgIpc) is 2.76. The van der Waals surface area contributed by atoms with Crippen LogP contribution in [0.1, 0.15) is 22.6 Å². The first kappa shape index (κ1) is 21.8. The molecule has 1 N–H and O–H groups in total. The van der Waals surface area contributed by atoms with Gasteiger partial charge >= 0.3 is 0 Å². The molecular formula is C23H17Br2N3O2. The number of ether oxygens (including phenoxy) is 1. The molecule has 1 atom stereocenters. The zero-order valence-corrected chi connectivity index (χ0v) is 18.9. The molecule has 3 aromatic rings. The van der Waals surface area contributed by atoms with Crippen LogP contribution < -0.4 is 10.2 Å². The number of nitrogens with zero attached hydrogens (tertiary/aromatic N) is 2. The number of nitrogens with one attached hydrogen (secondary N) is 1. The van der Waals surface area contributed by atoms with E-state index in [9.17, 15) is 10.1 Å². The molecule has 3 rings (SSSR count). The Morgan fingerprint density at radius 2 is 1.83 bits per heavy atom. The molecular weight excluding hydrogens is 510 g/mol. The molecule has 150 valence electrons. The number of amides is 1. The third-order valence-electron chi connectivity index (χ3n) is 4.18. The van der Waals surface area contributed by atoms with Gasteiger partial charge in [0.1, 0.15) is 12.4 Å². The van der Waals surface area contributed by atoms with E-state index in [-0.39, 0.29) is 0 Å². The summed E-state index contributed by atoms with van der Waals surface area (Å²) in [5, 5.41) is 13.3. The lowest BCUT2D eigenvalue weighted by atomic mass is 10.0. The van der Waals surface area contributed by atoms with Crippen molar-refractivity contribution in [2.24, 2.45) is 5.10 Å². The predicted octanol–water partition coefficient (Wildman–Crippen LogP) is 5.55. The number of benzene rings is 3. The third kappa shape index (κ3) is 6.02. The summed E-state index contributed by atoms with van der Waals surface area (Å²) in [5.74, 6) is -0.689. The van der Waals surface area contributed by atoms with Crippen molar-refractivity contribution in [2.75, 3.05) is 0 Å². The fraction of sp³-hybridized carbons (Fsp3) is 0.0870. The Balaban J connectivity index is 1.58. The summed E-state index contributed by atoms with van der Waals surface area (Å²) >= 11 is 6.91. The van der Waals surface area contributed by atoms with E-state index in [1.54, 1.807) is 24.3 Å². The second-order valence-corrected chi connectivity index (χ2v) is 8.08. The summed E-state index contributed by atoms with van der Waals surface area (Å²) in [6, 6.07) is 24.3. The number of hydrazone groups is 1. The van der Waals surface area contributed by atoms with Gasteiger partial charge in [-0.15, -0.1) is 0 Å². The van der Waals surface area contributed by atoms with Crippen molar-refractivity contribution in [3.63, 3.8) is 0 Å². The summed E-state index contributed by atoms with van der Waals surface area (Å²) in [6.07, 6.45) is 1.51. The van der Waals surface area contributed by atoms with Crippen molar-refractivity contribution in [1.82, 2.24) is 5.43 Å². The van der Waals surface area contributed by atoms with Gasteiger partial charge in [-0.3, -0.25) is 4.79 Å². The molecule has 0 fully saturated rings. The van der Waals surface area contributed by atoms with Crippen LogP contribution >= 0.6 is 31.9 Å². The topological polar surface area (TPSA) is 74.5 Å². The molecule has 0 heterocycles. The van der Waals surface area contributed by atoms with Gasteiger partial charge < -0.3 is 4.74 Å². The van der Waals surface area contributed by atoms with E-state index in [0.717, 1.165) is 20.1 Å². The van der Waals surface area contributed by atoms with Crippen LogP contribution in [0.3, 0.4) is 0 Å². The lowest BCUT2D eigenvalue weighted by molar-refractivity contribution is -0.121. The lowest BCUT2D eigenvalue weighted by Crippen LogP contribution is -2.24. The first-order chi connectivity index (χ1) is 14.6. The number of hydrogen-bond acceptors (Lipinski definition) is 4. The second kappa shape index (κ2) is 10.7. The molecule has 0 aromatic heterocycles. The van der Waals surface area contributed by atoms with Gasteiger partial charge in [0.25, 0.3) is 5.91 Å². The SMILES string of the molecule is N#C[C@H](C(=O)N/N=C\c1ccc(OCc2ccc(Br)cc2)c(Br)c1)c1ccccc1. The molecule has 0 saturated heterocycles. The molecule has 0 radical (unpaired) electrons. The lowest BCUT2D eigenvalue weighted by Gasteiger charge is -2.09. The number of carbonyl (C=O) groups is 1. The molecule has 1 amide bonds. The monoisotopic (exact) mass is 525 g/mol. The zero-order valence-electron chi connectivity index (χ0n) is 15.8. The molecule has 0 aliphatic rings. The molecule has 30 heavy (non-hydrogen) atoms. The number of nitriles is 1. The van der Waals surface area contributed by atoms with E-state index in [4.69, 9.17) is 4.74 Å². The molecule has 0 saturated carbocycles. The van der Waals surface area contributed by atoms with Gasteiger partial charge in [0.05, 0.1) is 16.8 Å². The summed E-state index contributed by atoms with van der Waals surface area (Å²) in [5.41, 5.74) is 4.88. The highest BCUT2D eigenvalue weighted by atomic mass is 79.9. The van der Waals surface area contributed by atoms with Crippen molar-refractivity contribution < 1.29 is 9.53 Å². The Hall–Kier alpha value is -2.95. The van der Waals surface area contributed by atoms with Crippen molar-refractivity contribution in [3.05, 3.63) is 98.4 Å². The van der Waals surface area contributed by atoms with E-state index in [1.807, 2.05) is 54.6 Å². The third-order valence-corrected chi connectivity index (χ3v) is 5.32. The molecule has 0 aliphatic carbocycles. The second-order valence-electron chi connectivity index (χ2n) is 6.31. The van der Waals surface area contributed by atoms with Gasteiger partial charge in [0, 0.05) is 4.47 Å². The first-order valence-corrected chi connectivity index (χ1v) is 10.6. The van der Waals surface area contributed by atoms with Crippen LogP contribution in [0.4, 0.5) is 0 Å². The van der Waals surface area contributed by atoms with Crippen LogP contribution in [0.25, 0.3) is 0 Å². The smallest absolute Gasteiger partial charge is 0.261 e. The normalized spacial score (nSPS) is 11.6. The molecule has 0 aliphatic heterocycles. The molecule has 5 nitrogen and oxygen atoms in total. The van der Waals surface area contributed by atoms with Crippen LogP contribution in [0.2, 0.25) is 0 Å². The van der Waals surface area contributed by atoms with E-state index >= 15 is 0 Å². The highest BCUT2D eigenvalue weighted by Gasteiger charge is 2.19. The van der Waals surface area contributed by atoms with Gasteiger partial charge in [0.15, 0.2) is 5.92 Å². The fourth-order valence-electron chi connectivity index (χ4n) is 2.62. The van der Waals surface area contributed by atoms with Gasteiger partial charge in [-0.25, -0.2) is 5.43 Å². The molecule has 0 spiro atoms. The zero-order chi connectivity index (χ0) is 21.3. The first-order valence-electron chi connectivity index (χ1n) is 9.01. The Morgan fingerprint density at radius 3 is 2.50 bits per heavy atom. The molecule has 0 bridgehead atoms. The summed E-state index contributed by atoms with van der Waals surface area (Å²) in [6.45, 7) is 0.449. The van der Waals surface area contributed by atoms with Gasteiger partial charge in [-0.2, -0.15) is 10.4 Å². The number of rotatable bonds is 7. The minimum atomic E-state index is -0.913. The van der Waals surface area contributed by atoms with Gasteiger partial charge in [0.2, 0.25) is 0 Å². The predicted molar refractivity (Wildman–Crippen MR) is 123 cm³/mol. The van der Waals surface area contributed by atoms with Crippen molar-refractivity contribution in [3.8, 4) is 11.8 Å². The van der Waals surface area contributed by atoms with Crippen LogP contribution in [0, 0.1) is 11.3 Å². The van der Waals surface area contributed by atoms with E-state index in [0.29, 0.717) is 17.9 Å². The minimum Gasteiger partial charge on any atom is -0.488 e. The fourth-order valence-corrected chi connectivity index (χ4v) is 3.40. The van der Waals surface area contributed by atoms with Crippen LogP contribution in [-0.2, 0) is 11.4 Å². The maximum Gasteiger partial charge on any atom is 0.261 e. The van der Waals surface area contributed by atoms with E-state index in [1.165, 1.54) is 6.21 Å². The minimum absolute atomic E-state index is 0.449. The summed E-state index contributed by atoms with van der Waals surface area (Å²) in [4.78, 5) is 12.2. The highest BCUT2D eigenvalue weighted by molar-refractivity contribution is 9.10. The number of hydrogen-bond donors (Lipinski definition) is 1. The summed E-state index contributed by atoms with van der Waals surface area (Å²) in [7, 11) is 0. The molecule has 0 unspecified atom stereocenters. The Kier molecular flexibility index (Phi) is 7.77. The van der Waals surface area contributed by atoms with E-state index in [2.05, 4.69) is 42.4 Å². The standard InChI is InChI=1S/C23H17Br2N3O2/c24-19-9-6-16(7-10-19)15-30-22-11-8-17(12-21(22)25)14-27-28-23(29)20(13-26)18-4-2-1-3-5-18/h1-12,14,20H,15H2,(H,28,29)/b27-14-/t20-/m0/s1. The Bertz CT molecular complexity index is 1080. The number of halogens is 2. The van der Waals surface area contributed by atoms with Crippen molar-refractivity contribution >= 4 is 44.0 Å². The van der Waals surface area contributed by atoms with Gasteiger partial charge in [-0.05, 0) is 63.0 Å². The maximum absolute atomic E-state index is 12.2. The average molecular weight is 527 g/mol. The van der Waals surface area contributed by atoms with Crippen molar-refractivity contribution in [2.45, 2.75) is 12.5 Å². The summed E-state index contributed by atoms with van der Waals surface area (Å²) < 4.78 is 7.64. The highest BCUT2D eigenvalue weighted by Crippen LogP contribution is 2.26. The van der Waals surface area contributed by atoms with Crippen LogP contribution in [0.15, 0.2) is 86.8 Å². The Morgan fingerprint density at radius 1 is 1.10 bits per heavy atom. The maximum atomic E-state index is 12.2. The van der Waals surface area contributed by atoms with E-state index < -0.39 is 11.8 Å². The largest absolute Gasteiger partial charge is 0.488 e. The van der Waals surface area contributed by atoms with Crippen molar-refractivity contribution in [1.29, 1.82) is 5.26 Å². The molecule has 7 heteroatoms. The Labute approximate surface area is 191 Å². The van der Waals surface area contributed by atoms with Crippen LogP contribution in [-0.4, -0.2) is 12.1 Å². The van der Waals surface area contributed by atoms with Gasteiger partial charge in [-0.1, -0.05) is 58.4 Å². The number of carbonyl (C=O) groups excluding carboxylic acids is 1. The van der Waals surface area contributed by atoms with Crippen LogP contribution in [0.5, 0.6) is 5.75 Å². The quantitative estimate of drug-likeness (QED) is 0.324.